The molecule has 6 nitrogen and oxygen atoms in total. The van der Waals surface area contributed by atoms with Crippen molar-refractivity contribution in [3.8, 4) is 0 Å². The normalized spacial score (nSPS) is 12.4. The third-order valence-electron chi connectivity index (χ3n) is 2.24. The number of nitrogens with one attached hydrogen (secondary N) is 1. The highest BCUT2D eigenvalue weighted by Crippen LogP contribution is 2.16. The van der Waals surface area contributed by atoms with Crippen LogP contribution in [0.25, 0.3) is 0 Å². The summed E-state index contributed by atoms with van der Waals surface area (Å²) in [7, 11) is 1.72. The highest BCUT2D eigenvalue weighted by atomic mass is 32.1. The van der Waals surface area contributed by atoms with Gasteiger partial charge in [0.2, 0.25) is 0 Å². The third-order valence-corrected chi connectivity index (χ3v) is 3.20. The molecule has 1 unspecified atom stereocenters. The Morgan fingerprint density at radius 2 is 2.41 bits per heavy atom. The maximum Gasteiger partial charge on any atom is 0.274 e. The van der Waals surface area contributed by atoms with E-state index in [1.165, 1.54) is 16.0 Å². The summed E-state index contributed by atoms with van der Waals surface area (Å²) in [5.74, 6) is -0.286. The van der Waals surface area contributed by atoms with Crippen LogP contribution in [-0.4, -0.2) is 20.7 Å². The highest BCUT2D eigenvalue weighted by Gasteiger charge is 2.17. The van der Waals surface area contributed by atoms with E-state index in [2.05, 4.69) is 15.4 Å². The van der Waals surface area contributed by atoms with E-state index in [4.69, 9.17) is 5.73 Å². The Labute approximate surface area is 102 Å². The van der Waals surface area contributed by atoms with E-state index in [9.17, 15) is 4.79 Å². The first kappa shape index (κ1) is 11.6. The van der Waals surface area contributed by atoms with Crippen molar-refractivity contribution in [1.29, 1.82) is 0 Å². The number of carbonyl (C=O) groups excluding carboxylic acids is 1. The zero-order valence-corrected chi connectivity index (χ0v) is 10.4. The topological polar surface area (TPSA) is 85.8 Å². The first-order chi connectivity index (χ1) is 8.08. The molecule has 2 rings (SSSR count). The molecular weight excluding hydrogens is 238 g/mol. The van der Waals surface area contributed by atoms with Crippen molar-refractivity contribution < 1.29 is 4.79 Å². The van der Waals surface area contributed by atoms with Crippen molar-refractivity contribution in [3.63, 3.8) is 0 Å². The monoisotopic (exact) mass is 251 g/mol. The molecule has 2 heterocycles. The van der Waals surface area contributed by atoms with Crippen molar-refractivity contribution >= 4 is 22.9 Å². The van der Waals surface area contributed by atoms with E-state index < -0.39 is 0 Å². The van der Waals surface area contributed by atoms with Crippen molar-refractivity contribution in [2.75, 3.05) is 5.73 Å². The molecule has 0 spiro atoms. The van der Waals surface area contributed by atoms with E-state index in [0.29, 0.717) is 5.69 Å². The summed E-state index contributed by atoms with van der Waals surface area (Å²) < 4.78 is 1.51. The minimum atomic E-state index is -0.286. The molecule has 0 saturated heterocycles. The molecule has 2 aromatic heterocycles. The van der Waals surface area contributed by atoms with Gasteiger partial charge in [-0.3, -0.25) is 9.48 Å². The molecule has 90 valence electrons. The Balaban J connectivity index is 2.09. The lowest BCUT2D eigenvalue weighted by Crippen LogP contribution is -2.27. The van der Waals surface area contributed by atoms with Crippen LogP contribution in [0.4, 0.5) is 5.69 Å². The van der Waals surface area contributed by atoms with Crippen molar-refractivity contribution in [2.24, 2.45) is 7.05 Å². The Morgan fingerprint density at radius 1 is 1.65 bits per heavy atom. The molecule has 2 aromatic rings. The average Bonchev–Trinajstić information content (AvgIpc) is 2.87. The van der Waals surface area contributed by atoms with E-state index in [-0.39, 0.29) is 17.6 Å². The second kappa shape index (κ2) is 4.54. The number of rotatable bonds is 3. The molecule has 17 heavy (non-hydrogen) atoms. The summed E-state index contributed by atoms with van der Waals surface area (Å²) in [6.07, 6.45) is 3.31. The van der Waals surface area contributed by atoms with E-state index in [1.54, 1.807) is 19.4 Å². The molecule has 3 N–H and O–H groups in total. The van der Waals surface area contributed by atoms with Gasteiger partial charge in [-0.1, -0.05) is 0 Å². The van der Waals surface area contributed by atoms with Gasteiger partial charge in [0.05, 0.1) is 11.7 Å². The summed E-state index contributed by atoms with van der Waals surface area (Å²) in [4.78, 5) is 16.0. The molecule has 0 aliphatic heterocycles. The third kappa shape index (κ3) is 2.44. The number of thiazole rings is 1. The van der Waals surface area contributed by atoms with Crippen molar-refractivity contribution in [1.82, 2.24) is 20.1 Å². The second-order valence-corrected chi connectivity index (χ2v) is 4.60. The lowest BCUT2D eigenvalue weighted by molar-refractivity contribution is 0.0935. The van der Waals surface area contributed by atoms with Crippen LogP contribution in [-0.2, 0) is 7.05 Å². The molecule has 7 heteroatoms. The van der Waals surface area contributed by atoms with Gasteiger partial charge in [0.15, 0.2) is 5.69 Å². The molecule has 0 bridgehead atoms. The standard InChI is InChI=1S/C10H13N5OS/c1-6(10-12-3-4-17-10)13-9(16)8-7(11)5-15(2)14-8/h3-6H,11H2,1-2H3,(H,13,16). The van der Waals surface area contributed by atoms with E-state index in [1.807, 2.05) is 12.3 Å². The Kier molecular flexibility index (Phi) is 3.10. The van der Waals surface area contributed by atoms with Crippen LogP contribution in [0.1, 0.15) is 28.5 Å². The average molecular weight is 251 g/mol. The van der Waals surface area contributed by atoms with Crippen LogP contribution in [0.2, 0.25) is 0 Å². The SMILES string of the molecule is CC(NC(=O)c1nn(C)cc1N)c1nccs1. The first-order valence-electron chi connectivity index (χ1n) is 5.07. The second-order valence-electron chi connectivity index (χ2n) is 3.67. The molecule has 0 aliphatic rings. The van der Waals surface area contributed by atoms with Gasteiger partial charge in [-0.25, -0.2) is 4.98 Å². The molecule has 0 aliphatic carbocycles. The van der Waals surface area contributed by atoms with E-state index in [0.717, 1.165) is 5.01 Å². The van der Waals surface area contributed by atoms with Gasteiger partial charge in [-0.15, -0.1) is 11.3 Å². The summed E-state index contributed by atoms with van der Waals surface area (Å²) in [6, 6.07) is -0.149. The Morgan fingerprint density at radius 3 is 2.94 bits per heavy atom. The van der Waals surface area contributed by atoms with Crippen LogP contribution >= 0.6 is 11.3 Å². The fourth-order valence-corrected chi connectivity index (χ4v) is 2.10. The predicted octanol–water partition coefficient (Wildman–Crippen LogP) is 0.950. The fourth-order valence-electron chi connectivity index (χ4n) is 1.46. The van der Waals surface area contributed by atoms with Gasteiger partial charge in [0.1, 0.15) is 5.01 Å². The molecule has 0 saturated carbocycles. The largest absolute Gasteiger partial charge is 0.396 e. The lowest BCUT2D eigenvalue weighted by atomic mass is 10.3. The zero-order chi connectivity index (χ0) is 12.4. The maximum atomic E-state index is 11.9. The minimum absolute atomic E-state index is 0.149. The van der Waals surface area contributed by atoms with Crippen LogP contribution in [0.15, 0.2) is 17.8 Å². The van der Waals surface area contributed by atoms with Gasteiger partial charge >= 0.3 is 0 Å². The summed E-state index contributed by atoms with van der Waals surface area (Å²) in [5.41, 5.74) is 6.30. The number of hydrogen-bond acceptors (Lipinski definition) is 5. The first-order valence-corrected chi connectivity index (χ1v) is 5.95. The summed E-state index contributed by atoms with van der Waals surface area (Å²) in [5, 5.41) is 9.54. The van der Waals surface area contributed by atoms with E-state index >= 15 is 0 Å². The molecular formula is C10H13N5OS. The van der Waals surface area contributed by atoms with Gasteiger partial charge in [0, 0.05) is 24.8 Å². The molecule has 0 aromatic carbocycles. The molecule has 1 atom stereocenters. The van der Waals surface area contributed by atoms with Crippen LogP contribution in [0.5, 0.6) is 0 Å². The molecule has 0 radical (unpaired) electrons. The predicted molar refractivity (Wildman–Crippen MR) is 65.6 cm³/mol. The van der Waals surface area contributed by atoms with Gasteiger partial charge in [-0.2, -0.15) is 5.10 Å². The Bertz CT molecular complexity index is 519. The van der Waals surface area contributed by atoms with Crippen LogP contribution < -0.4 is 11.1 Å². The Hall–Kier alpha value is -1.89. The molecule has 0 fully saturated rings. The maximum absolute atomic E-state index is 11.9. The highest BCUT2D eigenvalue weighted by molar-refractivity contribution is 7.09. The number of carbonyl (C=O) groups is 1. The number of aromatic nitrogens is 3. The quantitative estimate of drug-likeness (QED) is 0.850. The smallest absolute Gasteiger partial charge is 0.274 e. The van der Waals surface area contributed by atoms with Gasteiger partial charge < -0.3 is 11.1 Å². The van der Waals surface area contributed by atoms with Crippen molar-refractivity contribution in [3.05, 3.63) is 28.5 Å². The molecule has 1 amide bonds. The summed E-state index contributed by atoms with van der Waals surface area (Å²) >= 11 is 1.49. The number of anilines is 1. The fraction of sp³-hybridized carbons (Fsp3) is 0.300. The number of nitrogen functional groups attached to an aromatic ring is 1. The number of nitrogens with two attached hydrogens (primary N) is 1. The van der Waals surface area contributed by atoms with Crippen LogP contribution in [0, 0.1) is 0 Å². The lowest BCUT2D eigenvalue weighted by Gasteiger charge is -2.09. The van der Waals surface area contributed by atoms with Crippen molar-refractivity contribution in [2.45, 2.75) is 13.0 Å². The minimum Gasteiger partial charge on any atom is -0.396 e. The number of amides is 1. The zero-order valence-electron chi connectivity index (χ0n) is 9.54. The van der Waals surface area contributed by atoms with Gasteiger partial charge in [-0.05, 0) is 6.92 Å². The summed E-state index contributed by atoms with van der Waals surface area (Å²) in [6.45, 7) is 1.87. The van der Waals surface area contributed by atoms with Gasteiger partial charge in [0.25, 0.3) is 5.91 Å². The van der Waals surface area contributed by atoms with Crippen LogP contribution in [0.3, 0.4) is 0 Å². The number of nitrogens with zero attached hydrogens (tertiary/aromatic N) is 3. The number of aryl methyl sites for hydroxylation is 1. The number of hydrogen-bond donors (Lipinski definition) is 2.